The van der Waals surface area contributed by atoms with Gasteiger partial charge < -0.3 is 19.4 Å². The summed E-state index contributed by atoms with van der Waals surface area (Å²) in [6, 6.07) is 15.8. The van der Waals surface area contributed by atoms with Gasteiger partial charge >= 0.3 is 11.8 Å². The van der Waals surface area contributed by atoms with Crippen molar-refractivity contribution in [3.05, 3.63) is 70.7 Å². The van der Waals surface area contributed by atoms with E-state index in [2.05, 4.69) is 49.5 Å². The summed E-state index contributed by atoms with van der Waals surface area (Å²) in [6.45, 7) is 11.4. The van der Waals surface area contributed by atoms with Crippen molar-refractivity contribution < 1.29 is 18.7 Å². The molecule has 0 aliphatic carbocycles. The number of amides is 2. The second-order valence-electron chi connectivity index (χ2n) is 10.3. The van der Waals surface area contributed by atoms with Gasteiger partial charge in [0.25, 0.3) is 0 Å². The Morgan fingerprint density at radius 3 is 2.44 bits per heavy atom. The predicted molar refractivity (Wildman–Crippen MR) is 152 cm³/mol. The lowest BCUT2D eigenvalue weighted by atomic mass is 10.0. The second kappa shape index (κ2) is 14.6. The number of benzene rings is 2. The normalized spacial score (nSPS) is 14.6. The molecule has 1 aromatic heterocycles. The minimum atomic E-state index is -0.406. The van der Waals surface area contributed by atoms with Crippen molar-refractivity contribution in [2.45, 2.75) is 46.6 Å². The number of hydrogen-bond acceptors (Lipinski definition) is 6. The smallest absolute Gasteiger partial charge is 0.419 e. The SMILES string of the molecule is CC1CC=CCN(C(=O)OC(C)(C)C)C1.Cc1ccc(-c2ccc3oc(=O)n(C)c3c2)cc1.N#CCNC=O. The van der Waals surface area contributed by atoms with Crippen molar-refractivity contribution in [3.63, 3.8) is 0 Å². The molecule has 3 aromatic rings. The maximum atomic E-state index is 11.8. The molecule has 2 heterocycles. The highest BCUT2D eigenvalue weighted by Crippen LogP contribution is 2.24. The molecule has 9 heteroatoms. The van der Waals surface area contributed by atoms with Gasteiger partial charge in [-0.2, -0.15) is 5.26 Å². The lowest BCUT2D eigenvalue weighted by Gasteiger charge is -2.27. The molecule has 1 aliphatic heterocycles. The lowest BCUT2D eigenvalue weighted by Crippen LogP contribution is -2.38. The van der Waals surface area contributed by atoms with E-state index in [4.69, 9.17) is 14.4 Å². The molecule has 0 saturated heterocycles. The topological polar surface area (TPSA) is 118 Å². The highest BCUT2D eigenvalue weighted by Gasteiger charge is 2.23. The van der Waals surface area contributed by atoms with Crippen LogP contribution in [0.1, 0.15) is 39.7 Å². The van der Waals surface area contributed by atoms with E-state index < -0.39 is 5.60 Å². The zero-order chi connectivity index (χ0) is 29.0. The Balaban J connectivity index is 0.000000231. The molecule has 9 nitrogen and oxygen atoms in total. The number of nitrogens with one attached hydrogen (secondary N) is 1. The molecule has 1 unspecified atom stereocenters. The fourth-order valence-corrected chi connectivity index (χ4v) is 3.67. The Morgan fingerprint density at radius 2 is 1.85 bits per heavy atom. The molecular weight excluding hydrogens is 496 g/mol. The summed E-state index contributed by atoms with van der Waals surface area (Å²) < 4.78 is 12.0. The summed E-state index contributed by atoms with van der Waals surface area (Å²) in [5.74, 6) is 0.183. The van der Waals surface area contributed by atoms with Crippen LogP contribution in [0.2, 0.25) is 0 Å². The number of aryl methyl sites for hydroxylation is 2. The zero-order valence-electron chi connectivity index (χ0n) is 23.6. The van der Waals surface area contributed by atoms with Gasteiger partial charge in [0.1, 0.15) is 12.1 Å². The van der Waals surface area contributed by atoms with Crippen molar-refractivity contribution in [1.82, 2.24) is 14.8 Å². The third-order valence-electron chi connectivity index (χ3n) is 5.66. The van der Waals surface area contributed by atoms with E-state index in [1.807, 2.05) is 45.0 Å². The molecule has 208 valence electrons. The highest BCUT2D eigenvalue weighted by molar-refractivity contribution is 5.80. The molecule has 0 fully saturated rings. The molecule has 1 atom stereocenters. The maximum absolute atomic E-state index is 11.8. The number of carbonyl (C=O) groups is 2. The highest BCUT2D eigenvalue weighted by atomic mass is 16.6. The van der Waals surface area contributed by atoms with Crippen molar-refractivity contribution in [2.75, 3.05) is 19.6 Å². The number of fused-ring (bicyclic) bond motifs is 1. The first-order chi connectivity index (χ1) is 18.4. The minimum Gasteiger partial charge on any atom is -0.444 e. The largest absolute Gasteiger partial charge is 0.444 e. The summed E-state index contributed by atoms with van der Waals surface area (Å²) in [7, 11) is 1.72. The summed E-state index contributed by atoms with van der Waals surface area (Å²) in [4.78, 5) is 34.3. The van der Waals surface area contributed by atoms with Gasteiger partial charge in [-0.05, 0) is 63.3 Å². The average molecular weight is 535 g/mol. The number of nitriles is 1. The van der Waals surface area contributed by atoms with E-state index in [9.17, 15) is 14.4 Å². The zero-order valence-corrected chi connectivity index (χ0v) is 23.6. The Hall–Kier alpha value is -4.32. The average Bonchev–Trinajstić information content (AvgIpc) is 3.03. The van der Waals surface area contributed by atoms with Crippen LogP contribution in [-0.2, 0) is 16.6 Å². The van der Waals surface area contributed by atoms with E-state index in [-0.39, 0.29) is 18.4 Å². The standard InChI is InChI=1S/C15H13NO2.C12H21NO2.C3H4N2O/c1-10-3-5-11(6-4-10)12-7-8-14-13(9-12)16(2)15(17)18-14;1-10-7-5-6-8-13(9-10)11(14)15-12(2,3)4;4-1-2-5-3-6/h3-9H,1-2H3;5-6,10H,7-9H2,1-4H3;3H,2H2,(H,5,6). The van der Waals surface area contributed by atoms with Gasteiger partial charge in [-0.3, -0.25) is 9.36 Å². The van der Waals surface area contributed by atoms with Gasteiger partial charge in [0.05, 0.1) is 11.6 Å². The van der Waals surface area contributed by atoms with Crippen LogP contribution in [0.4, 0.5) is 4.79 Å². The van der Waals surface area contributed by atoms with Gasteiger partial charge in [0, 0.05) is 20.1 Å². The van der Waals surface area contributed by atoms with E-state index in [1.165, 1.54) is 10.1 Å². The van der Waals surface area contributed by atoms with Crippen molar-refractivity contribution in [3.8, 4) is 17.2 Å². The van der Waals surface area contributed by atoms with Crippen LogP contribution < -0.4 is 11.1 Å². The van der Waals surface area contributed by atoms with Gasteiger partial charge in [-0.25, -0.2) is 9.59 Å². The summed E-state index contributed by atoms with van der Waals surface area (Å²) in [5.41, 5.74) is 4.48. The first-order valence-electron chi connectivity index (χ1n) is 12.8. The van der Waals surface area contributed by atoms with Crippen LogP contribution in [0.3, 0.4) is 0 Å². The third kappa shape index (κ3) is 10.2. The maximum Gasteiger partial charge on any atom is 0.419 e. The molecule has 1 aliphatic rings. The second-order valence-corrected chi connectivity index (χ2v) is 10.3. The monoisotopic (exact) mass is 534 g/mol. The van der Waals surface area contributed by atoms with E-state index in [0.717, 1.165) is 29.6 Å². The molecule has 0 bridgehead atoms. The first-order valence-corrected chi connectivity index (χ1v) is 12.8. The Labute approximate surface area is 229 Å². The quantitative estimate of drug-likeness (QED) is 0.214. The van der Waals surface area contributed by atoms with Crippen molar-refractivity contribution in [2.24, 2.45) is 13.0 Å². The summed E-state index contributed by atoms with van der Waals surface area (Å²) in [5, 5.41) is 9.88. The molecule has 1 N–H and O–H groups in total. The summed E-state index contributed by atoms with van der Waals surface area (Å²) in [6.07, 6.45) is 5.49. The third-order valence-corrected chi connectivity index (χ3v) is 5.66. The number of ether oxygens (including phenoxy) is 1. The number of carbonyl (C=O) groups excluding carboxylic acids is 2. The van der Waals surface area contributed by atoms with Crippen LogP contribution in [0.15, 0.2) is 63.8 Å². The molecule has 0 saturated carbocycles. The molecule has 2 amide bonds. The van der Waals surface area contributed by atoms with Gasteiger partial charge in [0.15, 0.2) is 5.58 Å². The molecule has 0 spiro atoms. The van der Waals surface area contributed by atoms with Crippen LogP contribution in [0.5, 0.6) is 0 Å². The molecule has 2 aromatic carbocycles. The minimum absolute atomic E-state index is 0.101. The van der Waals surface area contributed by atoms with Crippen LogP contribution in [-0.4, -0.2) is 47.2 Å². The molecule has 39 heavy (non-hydrogen) atoms. The number of oxazole rings is 1. The number of allylic oxidation sites excluding steroid dienone is 1. The van der Waals surface area contributed by atoms with Gasteiger partial charge in [-0.15, -0.1) is 0 Å². The van der Waals surface area contributed by atoms with Gasteiger partial charge in [0.2, 0.25) is 6.41 Å². The predicted octanol–water partition coefficient (Wildman–Crippen LogP) is 5.18. The van der Waals surface area contributed by atoms with E-state index >= 15 is 0 Å². The Kier molecular flexibility index (Phi) is 11.5. The molecular formula is C30H38N4O5. The lowest BCUT2D eigenvalue weighted by molar-refractivity contribution is -0.109. The van der Waals surface area contributed by atoms with Crippen LogP contribution in [0.25, 0.3) is 22.2 Å². The van der Waals surface area contributed by atoms with E-state index in [0.29, 0.717) is 24.5 Å². The summed E-state index contributed by atoms with van der Waals surface area (Å²) >= 11 is 0. The van der Waals surface area contributed by atoms with Crippen LogP contribution in [0, 0.1) is 24.2 Å². The fraction of sp³-hybridized carbons (Fsp3) is 0.400. The van der Waals surface area contributed by atoms with Crippen molar-refractivity contribution >= 4 is 23.6 Å². The van der Waals surface area contributed by atoms with Crippen molar-refractivity contribution in [1.29, 1.82) is 5.26 Å². The molecule has 0 radical (unpaired) electrons. The van der Waals surface area contributed by atoms with E-state index in [1.54, 1.807) is 18.0 Å². The fourth-order valence-electron chi connectivity index (χ4n) is 3.67. The number of nitrogens with zero attached hydrogens (tertiary/aromatic N) is 3. The first kappa shape index (κ1) is 30.9. The molecule has 4 rings (SSSR count). The number of hydrogen-bond donors (Lipinski definition) is 1. The number of rotatable bonds is 3. The van der Waals surface area contributed by atoms with Gasteiger partial charge in [-0.1, -0.05) is 55.0 Å². The Bertz CT molecular complexity index is 1360. The number of aromatic nitrogens is 1. The Morgan fingerprint density at radius 1 is 1.18 bits per heavy atom. The van der Waals surface area contributed by atoms with Crippen LogP contribution >= 0.6 is 0 Å².